The van der Waals surface area contributed by atoms with Crippen molar-refractivity contribution >= 4 is 5.97 Å². The molecule has 1 aromatic rings. The van der Waals surface area contributed by atoms with Crippen molar-refractivity contribution < 1.29 is 20.1 Å². The molecule has 0 heterocycles. The first-order chi connectivity index (χ1) is 8.45. The number of aromatic hydroxyl groups is 2. The monoisotopic (exact) mass is 254 g/mol. The molecule has 0 radical (unpaired) electrons. The van der Waals surface area contributed by atoms with Crippen LogP contribution in [0.2, 0.25) is 0 Å². The van der Waals surface area contributed by atoms with Gasteiger partial charge in [0.1, 0.15) is 17.0 Å². The van der Waals surface area contributed by atoms with Crippen molar-refractivity contribution in [1.82, 2.24) is 5.43 Å². The maximum Gasteiger partial charge on any atom is 0.325 e. The Labute approximate surface area is 105 Å². The van der Waals surface area contributed by atoms with E-state index < -0.39 is 11.5 Å². The molecule has 6 N–H and O–H groups in total. The summed E-state index contributed by atoms with van der Waals surface area (Å²) < 4.78 is 0. The number of aliphatic carboxylic acids is 1. The number of rotatable bonds is 6. The van der Waals surface area contributed by atoms with Gasteiger partial charge in [-0.15, -0.1) is 0 Å². The number of nitrogens with one attached hydrogen (secondary N) is 1. The fourth-order valence-electron chi connectivity index (χ4n) is 1.91. The highest BCUT2D eigenvalue weighted by Crippen LogP contribution is 2.28. The van der Waals surface area contributed by atoms with Crippen LogP contribution >= 0.6 is 0 Å². The molecule has 0 spiro atoms. The fourth-order valence-corrected chi connectivity index (χ4v) is 1.91. The molecular formula is C12H18N2O4. The zero-order chi connectivity index (χ0) is 13.8. The molecule has 0 aliphatic heterocycles. The van der Waals surface area contributed by atoms with E-state index in [9.17, 15) is 20.1 Å². The Morgan fingerprint density at radius 1 is 1.44 bits per heavy atom. The topological polar surface area (TPSA) is 116 Å². The van der Waals surface area contributed by atoms with Gasteiger partial charge < -0.3 is 15.3 Å². The lowest BCUT2D eigenvalue weighted by Gasteiger charge is -2.28. The van der Waals surface area contributed by atoms with Gasteiger partial charge in [-0.3, -0.25) is 10.6 Å². The van der Waals surface area contributed by atoms with Crippen LogP contribution in [0.3, 0.4) is 0 Å². The molecule has 18 heavy (non-hydrogen) atoms. The standard InChI is InChI=1S/C12H18N2O4/c1-2-5-12(14-13,11(17)18)7-8-3-4-9(15)6-10(8)16/h3-4,6,14-16H,2,5,7,13H2,1H3,(H,17,18). The van der Waals surface area contributed by atoms with Gasteiger partial charge in [-0.05, 0) is 18.1 Å². The Hall–Kier alpha value is -1.79. The predicted molar refractivity (Wildman–Crippen MR) is 66.1 cm³/mol. The molecule has 1 unspecified atom stereocenters. The Kier molecular flexibility index (Phi) is 4.52. The Morgan fingerprint density at radius 2 is 2.11 bits per heavy atom. The van der Waals surface area contributed by atoms with Gasteiger partial charge in [0.05, 0.1) is 0 Å². The molecule has 0 amide bonds. The van der Waals surface area contributed by atoms with E-state index in [1.54, 1.807) is 0 Å². The van der Waals surface area contributed by atoms with Crippen molar-refractivity contribution in [3.63, 3.8) is 0 Å². The van der Waals surface area contributed by atoms with Gasteiger partial charge in [0.15, 0.2) is 0 Å². The third kappa shape index (κ3) is 2.91. The third-order valence-corrected chi connectivity index (χ3v) is 2.92. The summed E-state index contributed by atoms with van der Waals surface area (Å²) in [6.45, 7) is 1.85. The summed E-state index contributed by atoms with van der Waals surface area (Å²) in [6, 6.07) is 4.05. The number of carboxylic acids is 1. The smallest absolute Gasteiger partial charge is 0.325 e. The van der Waals surface area contributed by atoms with Crippen LogP contribution in [0.15, 0.2) is 18.2 Å². The molecule has 100 valence electrons. The number of hydrazine groups is 1. The quantitative estimate of drug-likeness (QED) is 0.377. The number of hydrogen-bond donors (Lipinski definition) is 5. The number of nitrogens with two attached hydrogens (primary N) is 1. The molecule has 0 aliphatic rings. The lowest BCUT2D eigenvalue weighted by Crippen LogP contribution is -2.57. The molecule has 0 aromatic heterocycles. The summed E-state index contributed by atoms with van der Waals surface area (Å²) in [4.78, 5) is 11.4. The molecule has 1 atom stereocenters. The van der Waals surface area contributed by atoms with Gasteiger partial charge in [0.2, 0.25) is 0 Å². The molecule has 0 fully saturated rings. The van der Waals surface area contributed by atoms with Crippen LogP contribution in [0, 0.1) is 0 Å². The van der Waals surface area contributed by atoms with Crippen molar-refractivity contribution in [2.24, 2.45) is 5.84 Å². The van der Waals surface area contributed by atoms with Crippen LogP contribution in [0.1, 0.15) is 25.3 Å². The summed E-state index contributed by atoms with van der Waals surface area (Å²) >= 11 is 0. The minimum Gasteiger partial charge on any atom is -0.508 e. The highest BCUT2D eigenvalue weighted by atomic mass is 16.4. The largest absolute Gasteiger partial charge is 0.508 e. The van der Waals surface area contributed by atoms with E-state index in [0.29, 0.717) is 18.4 Å². The molecule has 6 nitrogen and oxygen atoms in total. The van der Waals surface area contributed by atoms with E-state index in [2.05, 4.69) is 5.43 Å². The van der Waals surface area contributed by atoms with E-state index >= 15 is 0 Å². The van der Waals surface area contributed by atoms with Crippen molar-refractivity contribution in [2.45, 2.75) is 31.7 Å². The normalized spacial score (nSPS) is 14.1. The Morgan fingerprint density at radius 3 is 2.56 bits per heavy atom. The maximum atomic E-state index is 11.4. The minimum atomic E-state index is -1.32. The van der Waals surface area contributed by atoms with E-state index in [1.165, 1.54) is 18.2 Å². The molecule has 0 aliphatic carbocycles. The van der Waals surface area contributed by atoms with Gasteiger partial charge in [0, 0.05) is 12.5 Å². The van der Waals surface area contributed by atoms with Crippen LogP contribution in [0.25, 0.3) is 0 Å². The average Bonchev–Trinajstić information content (AvgIpc) is 2.31. The van der Waals surface area contributed by atoms with Crippen molar-refractivity contribution in [3.8, 4) is 11.5 Å². The third-order valence-electron chi connectivity index (χ3n) is 2.92. The van der Waals surface area contributed by atoms with Crippen LogP contribution in [-0.4, -0.2) is 26.8 Å². The van der Waals surface area contributed by atoms with E-state index in [-0.39, 0.29) is 17.9 Å². The highest BCUT2D eigenvalue weighted by molar-refractivity contribution is 5.79. The number of carboxylic acid groups (broad SMARTS) is 1. The predicted octanol–water partition coefficient (Wildman–Crippen LogP) is 0.727. The van der Waals surface area contributed by atoms with E-state index in [1.807, 2.05) is 6.92 Å². The van der Waals surface area contributed by atoms with Gasteiger partial charge in [0.25, 0.3) is 0 Å². The number of carbonyl (C=O) groups is 1. The second-order valence-corrected chi connectivity index (χ2v) is 4.27. The SMILES string of the molecule is CCCC(Cc1ccc(O)cc1O)(NN)C(=O)O. The molecule has 0 saturated carbocycles. The van der Waals surface area contributed by atoms with Crippen LogP contribution in [-0.2, 0) is 11.2 Å². The molecule has 0 saturated heterocycles. The molecule has 1 rings (SSSR count). The van der Waals surface area contributed by atoms with Crippen molar-refractivity contribution in [2.75, 3.05) is 0 Å². The number of phenolic OH excluding ortho intramolecular Hbond substituents is 2. The van der Waals surface area contributed by atoms with Crippen molar-refractivity contribution in [3.05, 3.63) is 23.8 Å². The fraction of sp³-hybridized carbons (Fsp3) is 0.417. The molecule has 1 aromatic carbocycles. The second kappa shape index (κ2) is 5.70. The summed E-state index contributed by atoms with van der Waals surface area (Å²) in [5.74, 6) is 4.07. The maximum absolute atomic E-state index is 11.4. The Bertz CT molecular complexity index is 436. The first-order valence-corrected chi connectivity index (χ1v) is 5.67. The average molecular weight is 254 g/mol. The molecular weight excluding hydrogens is 236 g/mol. The summed E-state index contributed by atoms with van der Waals surface area (Å²) in [7, 11) is 0. The van der Waals surface area contributed by atoms with Gasteiger partial charge in [-0.1, -0.05) is 19.4 Å². The minimum absolute atomic E-state index is 0.0405. The lowest BCUT2D eigenvalue weighted by atomic mass is 9.87. The van der Waals surface area contributed by atoms with Crippen LogP contribution in [0.4, 0.5) is 0 Å². The summed E-state index contributed by atoms with van der Waals surface area (Å²) in [5, 5.41) is 28.2. The van der Waals surface area contributed by atoms with Gasteiger partial charge >= 0.3 is 5.97 Å². The zero-order valence-corrected chi connectivity index (χ0v) is 10.2. The molecule has 0 bridgehead atoms. The number of benzene rings is 1. The highest BCUT2D eigenvalue weighted by Gasteiger charge is 2.37. The first kappa shape index (κ1) is 14.3. The number of hydrogen-bond acceptors (Lipinski definition) is 5. The van der Waals surface area contributed by atoms with Crippen LogP contribution < -0.4 is 11.3 Å². The number of phenols is 2. The lowest BCUT2D eigenvalue weighted by molar-refractivity contribution is -0.145. The summed E-state index contributed by atoms with van der Waals surface area (Å²) in [6.07, 6.45) is 1.01. The van der Waals surface area contributed by atoms with E-state index in [0.717, 1.165) is 0 Å². The Balaban J connectivity index is 3.06. The van der Waals surface area contributed by atoms with Crippen molar-refractivity contribution in [1.29, 1.82) is 0 Å². The molecule has 6 heteroatoms. The van der Waals surface area contributed by atoms with E-state index in [4.69, 9.17) is 5.84 Å². The first-order valence-electron chi connectivity index (χ1n) is 5.67. The van der Waals surface area contributed by atoms with Crippen LogP contribution in [0.5, 0.6) is 11.5 Å². The van der Waals surface area contributed by atoms with Gasteiger partial charge in [-0.25, -0.2) is 5.43 Å². The zero-order valence-electron chi connectivity index (χ0n) is 10.2. The summed E-state index contributed by atoms with van der Waals surface area (Å²) in [5.41, 5.74) is 1.43. The van der Waals surface area contributed by atoms with Gasteiger partial charge in [-0.2, -0.15) is 0 Å². The second-order valence-electron chi connectivity index (χ2n) is 4.27.